The molecule has 0 radical (unpaired) electrons. The Bertz CT molecular complexity index is 2240. The number of nitrogens with zero attached hydrogens (tertiary/aromatic N) is 3. The van der Waals surface area contributed by atoms with Gasteiger partial charge in [0.1, 0.15) is 35.8 Å². The molecule has 0 spiro atoms. The smallest absolute Gasteiger partial charge is 0.123 e. The van der Waals surface area contributed by atoms with Crippen LogP contribution in [-0.4, -0.2) is 96.4 Å². The number of ether oxygens (including phenoxy) is 3. The molecule has 6 rings (SSSR count). The van der Waals surface area contributed by atoms with E-state index in [4.69, 9.17) is 14.2 Å². The molecule has 3 unspecified atom stereocenters. The summed E-state index contributed by atoms with van der Waals surface area (Å²) in [5.74, 6) is -0.649. The molecule has 0 fully saturated rings. The molecule has 64 heavy (non-hydrogen) atoms. The van der Waals surface area contributed by atoms with E-state index in [-0.39, 0.29) is 35.8 Å². The quantitative estimate of drug-likeness (QED) is 0.0856. The predicted octanol–water partition coefficient (Wildman–Crippen LogP) is 11.7. The molecule has 0 amide bonds. The van der Waals surface area contributed by atoms with Crippen molar-refractivity contribution in [1.82, 2.24) is 14.7 Å². The van der Waals surface area contributed by atoms with Crippen LogP contribution in [-0.2, 0) is 14.2 Å². The average molecular weight is 876 g/mol. The van der Waals surface area contributed by atoms with E-state index in [1.54, 1.807) is 24.3 Å². The van der Waals surface area contributed by atoms with Crippen LogP contribution in [0.1, 0.15) is 73.9 Å². The van der Waals surface area contributed by atoms with Gasteiger partial charge in [-0.1, -0.05) is 109 Å². The highest BCUT2D eigenvalue weighted by molar-refractivity contribution is 5.38. The van der Waals surface area contributed by atoms with Gasteiger partial charge in [0.2, 0.25) is 0 Å². The van der Waals surface area contributed by atoms with Crippen LogP contribution in [0, 0.1) is 45.1 Å². The largest absolute Gasteiger partial charge is 0.367 e. The lowest BCUT2D eigenvalue weighted by Crippen LogP contribution is -2.20. The summed E-state index contributed by atoms with van der Waals surface area (Å²) in [6.07, 6.45) is -0.486. The first kappa shape index (κ1) is 51.5. The van der Waals surface area contributed by atoms with E-state index in [0.29, 0.717) is 19.8 Å². The van der Waals surface area contributed by atoms with Gasteiger partial charge in [-0.25, -0.2) is 13.2 Å². The van der Waals surface area contributed by atoms with Crippen molar-refractivity contribution >= 4 is 0 Å². The van der Waals surface area contributed by atoms with Gasteiger partial charge in [0.15, 0.2) is 0 Å². The van der Waals surface area contributed by atoms with Crippen LogP contribution in [0.5, 0.6) is 0 Å². The minimum atomic E-state index is -0.226. The molecule has 0 saturated heterocycles. The third-order valence-electron chi connectivity index (χ3n) is 10.6. The molecule has 6 aromatic carbocycles. The Morgan fingerprint density at radius 1 is 0.375 bits per heavy atom. The van der Waals surface area contributed by atoms with E-state index in [2.05, 4.69) is 64.9 Å². The van der Waals surface area contributed by atoms with Crippen LogP contribution < -0.4 is 0 Å². The Labute approximate surface area is 381 Å². The summed E-state index contributed by atoms with van der Waals surface area (Å²) in [5.41, 5.74) is 10.5. The Morgan fingerprint density at radius 3 is 1.11 bits per heavy atom. The minimum absolute atomic E-state index is 0.160. The first-order chi connectivity index (χ1) is 30.6. The number of hydrogen-bond donors (Lipinski definition) is 0. The fourth-order valence-electron chi connectivity index (χ4n) is 6.91. The van der Waals surface area contributed by atoms with Gasteiger partial charge in [0.05, 0.1) is 19.8 Å². The van der Waals surface area contributed by atoms with E-state index in [1.165, 1.54) is 35.4 Å². The summed E-state index contributed by atoms with van der Waals surface area (Å²) in [6.45, 7) is 12.4. The molecule has 0 heterocycles. The number of aryl methyl sites for hydroxylation is 4. The van der Waals surface area contributed by atoms with E-state index >= 15 is 0 Å². The normalized spacial score (nSPS) is 12.6. The highest BCUT2D eigenvalue weighted by Gasteiger charge is 2.20. The molecule has 0 aliphatic heterocycles. The van der Waals surface area contributed by atoms with Crippen LogP contribution in [0.2, 0.25) is 0 Å². The summed E-state index contributed by atoms with van der Waals surface area (Å²) in [4.78, 5) is 6.25. The van der Waals surface area contributed by atoms with E-state index in [1.807, 2.05) is 111 Å². The molecule has 9 heteroatoms. The van der Waals surface area contributed by atoms with Crippen LogP contribution in [0.3, 0.4) is 0 Å². The predicted molar refractivity (Wildman–Crippen MR) is 257 cm³/mol. The molecule has 0 aliphatic carbocycles. The highest BCUT2D eigenvalue weighted by Crippen LogP contribution is 2.31. The van der Waals surface area contributed by atoms with Gasteiger partial charge < -0.3 is 28.9 Å². The maximum Gasteiger partial charge on any atom is 0.123 e. The molecule has 0 saturated carbocycles. The van der Waals surface area contributed by atoms with Crippen molar-refractivity contribution in [3.63, 3.8) is 0 Å². The molecular formula is C55H68F3N3O3. The summed E-state index contributed by atoms with van der Waals surface area (Å²) < 4.78 is 58.1. The summed E-state index contributed by atoms with van der Waals surface area (Å²) in [7, 11) is 12.1. The van der Waals surface area contributed by atoms with Gasteiger partial charge >= 0.3 is 0 Å². The Morgan fingerprint density at radius 2 is 0.719 bits per heavy atom. The van der Waals surface area contributed by atoms with Crippen LogP contribution in [0.25, 0.3) is 0 Å². The topological polar surface area (TPSA) is 37.4 Å². The zero-order chi connectivity index (χ0) is 46.6. The van der Waals surface area contributed by atoms with Crippen molar-refractivity contribution in [2.45, 2.75) is 46.0 Å². The van der Waals surface area contributed by atoms with Gasteiger partial charge in [-0.15, -0.1) is 0 Å². The van der Waals surface area contributed by atoms with Crippen molar-refractivity contribution in [2.24, 2.45) is 0 Å². The molecule has 0 aromatic heterocycles. The maximum absolute atomic E-state index is 13.4. The Kier molecular flexibility index (Phi) is 21.4. The molecule has 3 atom stereocenters. The van der Waals surface area contributed by atoms with Crippen LogP contribution in [0.15, 0.2) is 140 Å². The fourth-order valence-corrected chi connectivity index (χ4v) is 6.91. The second kappa shape index (κ2) is 26.6. The van der Waals surface area contributed by atoms with Crippen LogP contribution >= 0.6 is 0 Å². The van der Waals surface area contributed by atoms with Crippen LogP contribution in [0.4, 0.5) is 13.2 Å². The molecule has 342 valence electrons. The SMILES string of the molecule is Cc1cc(F)ccc1C(OCCN(C)C)c1ccccc1.Cc1ccc(C(OCCN(C)C)c2ccc(F)cc2C)cc1.Cc1ccccc1C(OCCN(C)C)c1ccc(F)cc1. The second-order valence-corrected chi connectivity index (χ2v) is 16.9. The molecule has 6 nitrogen and oxygen atoms in total. The first-order valence-electron chi connectivity index (χ1n) is 21.9. The average Bonchev–Trinajstić information content (AvgIpc) is 3.25. The third kappa shape index (κ3) is 17.1. The lowest BCUT2D eigenvalue weighted by atomic mass is 9.96. The number of rotatable bonds is 18. The molecule has 0 aliphatic rings. The van der Waals surface area contributed by atoms with Crippen molar-refractivity contribution in [3.05, 3.63) is 213 Å². The number of halogens is 3. The maximum atomic E-state index is 13.4. The van der Waals surface area contributed by atoms with Gasteiger partial charge in [0, 0.05) is 19.6 Å². The summed E-state index contributed by atoms with van der Waals surface area (Å²) in [5, 5.41) is 0. The highest BCUT2D eigenvalue weighted by atomic mass is 19.1. The molecule has 0 bridgehead atoms. The lowest BCUT2D eigenvalue weighted by molar-refractivity contribution is 0.0682. The molecule has 6 aromatic rings. The Balaban J connectivity index is 0.000000210. The van der Waals surface area contributed by atoms with Crippen molar-refractivity contribution in [1.29, 1.82) is 0 Å². The van der Waals surface area contributed by atoms with Crippen molar-refractivity contribution < 1.29 is 27.4 Å². The van der Waals surface area contributed by atoms with E-state index < -0.39 is 0 Å². The number of hydrogen-bond acceptors (Lipinski definition) is 6. The number of likely N-dealkylation sites (N-methyl/N-ethyl adjacent to an activating group) is 3. The second-order valence-electron chi connectivity index (χ2n) is 16.9. The van der Waals surface area contributed by atoms with Gasteiger partial charge in [-0.2, -0.15) is 0 Å². The third-order valence-corrected chi connectivity index (χ3v) is 10.6. The van der Waals surface area contributed by atoms with Gasteiger partial charge in [-0.05, 0) is 156 Å². The Hall–Kier alpha value is -5.13. The number of benzene rings is 6. The standard InChI is InChI=1S/C19H24FNO.2C18H22FNO/c1-14-5-7-16(8-6-14)19(22-12-11-21(3)4)18-10-9-17(20)13-15(18)2;1-14-6-4-5-7-17(14)18(21-13-12-20(2)3)15-8-10-16(19)11-9-15;1-14-13-16(19)9-10-17(14)18(21-12-11-20(2)3)15-7-5-4-6-8-15/h5-10,13,19H,11-12H2,1-4H3;4-11,18H,12-13H2,1-3H3;4-10,13,18H,11-12H2,1-3H3. The zero-order valence-electron chi connectivity index (χ0n) is 39.5. The zero-order valence-corrected chi connectivity index (χ0v) is 39.5. The monoisotopic (exact) mass is 876 g/mol. The van der Waals surface area contributed by atoms with Crippen molar-refractivity contribution in [3.8, 4) is 0 Å². The van der Waals surface area contributed by atoms with Gasteiger partial charge in [-0.3, -0.25) is 0 Å². The summed E-state index contributed by atoms with van der Waals surface area (Å²) >= 11 is 0. The van der Waals surface area contributed by atoms with E-state index in [9.17, 15) is 13.2 Å². The van der Waals surface area contributed by atoms with E-state index in [0.717, 1.165) is 64.1 Å². The lowest BCUT2D eigenvalue weighted by Gasteiger charge is -2.22. The van der Waals surface area contributed by atoms with Gasteiger partial charge in [0.25, 0.3) is 0 Å². The fraction of sp³-hybridized carbons (Fsp3) is 0.345. The first-order valence-corrected chi connectivity index (χ1v) is 21.9. The molecule has 0 N–H and O–H groups in total. The minimum Gasteiger partial charge on any atom is -0.367 e. The van der Waals surface area contributed by atoms with Crippen molar-refractivity contribution in [2.75, 3.05) is 81.7 Å². The summed E-state index contributed by atoms with van der Waals surface area (Å²) in [6, 6.07) is 42.9. The molecular weight excluding hydrogens is 808 g/mol.